The highest BCUT2D eigenvalue weighted by atomic mass is 79.9. The van der Waals surface area contributed by atoms with Crippen LogP contribution in [0.1, 0.15) is 10.5 Å². The Hall–Kier alpha value is -1.33. The number of benzene rings is 1. The van der Waals surface area contributed by atoms with E-state index in [4.69, 9.17) is 11.6 Å². The molecule has 6 heteroatoms. The first-order valence-electron chi connectivity index (χ1n) is 4.42. The van der Waals surface area contributed by atoms with E-state index in [0.29, 0.717) is 16.4 Å². The largest absolute Gasteiger partial charge is 0.319 e. The van der Waals surface area contributed by atoms with Gasteiger partial charge in [0.15, 0.2) is 0 Å². The second-order valence-electron chi connectivity index (χ2n) is 3.05. The number of amides is 1. The van der Waals surface area contributed by atoms with E-state index >= 15 is 0 Å². The zero-order valence-corrected chi connectivity index (χ0v) is 10.3. The number of hydrogen-bond acceptors (Lipinski definition) is 2. The molecular weight excluding hydrogens is 293 g/mol. The molecule has 0 saturated heterocycles. The predicted octanol–water partition coefficient (Wildman–Crippen LogP) is 3.08. The summed E-state index contributed by atoms with van der Waals surface area (Å²) >= 11 is 9.25. The third kappa shape index (κ3) is 2.43. The zero-order chi connectivity index (χ0) is 11.5. The molecule has 4 nitrogen and oxygen atoms in total. The Morgan fingerprint density at radius 1 is 1.44 bits per heavy atom. The van der Waals surface area contributed by atoms with Crippen LogP contribution in [0.3, 0.4) is 0 Å². The van der Waals surface area contributed by atoms with Crippen molar-refractivity contribution < 1.29 is 4.79 Å². The van der Waals surface area contributed by atoms with Crippen LogP contribution in [0.5, 0.6) is 0 Å². The lowest BCUT2D eigenvalue weighted by molar-refractivity contribution is 0.102. The van der Waals surface area contributed by atoms with Crippen molar-refractivity contribution in [3.63, 3.8) is 0 Å². The minimum Gasteiger partial charge on any atom is -0.319 e. The predicted molar refractivity (Wildman–Crippen MR) is 65.7 cm³/mol. The van der Waals surface area contributed by atoms with Crippen molar-refractivity contribution in [3.8, 4) is 0 Å². The van der Waals surface area contributed by atoms with Crippen LogP contribution in [-0.2, 0) is 0 Å². The van der Waals surface area contributed by atoms with Gasteiger partial charge in [-0.1, -0.05) is 27.5 Å². The standard InChI is InChI=1S/C10H7BrClN3O/c11-6-1-2-7(12)9(5-6)14-10(16)8-3-4-13-15-8/h1-5H,(H,13,15)(H,14,16). The summed E-state index contributed by atoms with van der Waals surface area (Å²) in [5.74, 6) is -0.280. The van der Waals surface area contributed by atoms with Gasteiger partial charge in [-0.15, -0.1) is 0 Å². The Labute approximate surface area is 105 Å². The monoisotopic (exact) mass is 299 g/mol. The molecule has 16 heavy (non-hydrogen) atoms. The highest BCUT2D eigenvalue weighted by Crippen LogP contribution is 2.25. The molecule has 82 valence electrons. The Balaban J connectivity index is 2.21. The van der Waals surface area contributed by atoms with Gasteiger partial charge in [-0.25, -0.2) is 0 Å². The van der Waals surface area contributed by atoms with Crippen LogP contribution in [0.15, 0.2) is 34.9 Å². The number of H-pyrrole nitrogens is 1. The quantitative estimate of drug-likeness (QED) is 0.895. The van der Waals surface area contributed by atoms with E-state index < -0.39 is 0 Å². The van der Waals surface area contributed by atoms with Gasteiger partial charge in [-0.2, -0.15) is 5.10 Å². The fourth-order valence-corrected chi connectivity index (χ4v) is 1.69. The minimum absolute atomic E-state index is 0.280. The van der Waals surface area contributed by atoms with Gasteiger partial charge in [0, 0.05) is 10.7 Å². The number of aromatic amines is 1. The van der Waals surface area contributed by atoms with E-state index in [9.17, 15) is 4.79 Å². The fraction of sp³-hybridized carbons (Fsp3) is 0. The number of anilines is 1. The van der Waals surface area contributed by atoms with E-state index in [2.05, 4.69) is 31.4 Å². The molecule has 0 unspecified atom stereocenters. The molecule has 0 saturated carbocycles. The summed E-state index contributed by atoms with van der Waals surface area (Å²) in [4.78, 5) is 11.7. The van der Waals surface area contributed by atoms with Crippen LogP contribution in [0.25, 0.3) is 0 Å². The highest BCUT2D eigenvalue weighted by Gasteiger charge is 2.09. The van der Waals surface area contributed by atoms with Gasteiger partial charge < -0.3 is 5.32 Å². The summed E-state index contributed by atoms with van der Waals surface area (Å²) in [6.45, 7) is 0. The molecule has 0 radical (unpaired) electrons. The molecule has 0 fully saturated rings. The Morgan fingerprint density at radius 2 is 2.25 bits per heavy atom. The van der Waals surface area contributed by atoms with Crippen molar-refractivity contribution in [1.29, 1.82) is 0 Å². The number of aromatic nitrogens is 2. The van der Waals surface area contributed by atoms with E-state index in [0.717, 1.165) is 4.47 Å². The first-order valence-corrected chi connectivity index (χ1v) is 5.59. The molecule has 2 N–H and O–H groups in total. The number of carbonyl (C=O) groups excluding carboxylic acids is 1. The van der Waals surface area contributed by atoms with Gasteiger partial charge in [0.05, 0.1) is 10.7 Å². The van der Waals surface area contributed by atoms with Crippen LogP contribution in [0.2, 0.25) is 5.02 Å². The second-order valence-corrected chi connectivity index (χ2v) is 4.37. The zero-order valence-electron chi connectivity index (χ0n) is 8.00. The average molecular weight is 301 g/mol. The molecule has 1 heterocycles. The Kier molecular flexibility index (Phi) is 3.26. The minimum atomic E-state index is -0.280. The molecule has 2 rings (SSSR count). The van der Waals surface area contributed by atoms with E-state index in [1.165, 1.54) is 6.20 Å². The van der Waals surface area contributed by atoms with Gasteiger partial charge >= 0.3 is 0 Å². The maximum absolute atomic E-state index is 11.7. The van der Waals surface area contributed by atoms with Crippen molar-refractivity contribution in [1.82, 2.24) is 10.2 Å². The van der Waals surface area contributed by atoms with Crippen molar-refractivity contribution in [3.05, 3.63) is 45.7 Å². The second kappa shape index (κ2) is 4.67. The SMILES string of the molecule is O=C(Nc1cc(Br)ccc1Cl)c1ccn[nH]1. The molecule has 1 aromatic heterocycles. The number of nitrogens with one attached hydrogen (secondary N) is 2. The summed E-state index contributed by atoms with van der Waals surface area (Å²) in [6.07, 6.45) is 1.51. The number of rotatable bonds is 2. The summed E-state index contributed by atoms with van der Waals surface area (Å²) in [5.41, 5.74) is 0.937. The molecular formula is C10H7BrClN3O. The number of nitrogens with zero attached hydrogens (tertiary/aromatic N) is 1. The third-order valence-electron chi connectivity index (χ3n) is 1.92. The molecule has 0 spiro atoms. The average Bonchev–Trinajstić information content (AvgIpc) is 2.76. The third-order valence-corrected chi connectivity index (χ3v) is 2.74. The van der Waals surface area contributed by atoms with Crippen molar-refractivity contribution in [2.75, 3.05) is 5.32 Å². The first kappa shape index (κ1) is 11.2. The van der Waals surface area contributed by atoms with Gasteiger partial charge in [0.2, 0.25) is 0 Å². The maximum atomic E-state index is 11.7. The normalized spacial score (nSPS) is 10.1. The van der Waals surface area contributed by atoms with Gasteiger partial charge in [0.1, 0.15) is 5.69 Å². The Morgan fingerprint density at radius 3 is 2.94 bits per heavy atom. The molecule has 1 aromatic carbocycles. The molecule has 0 aliphatic heterocycles. The van der Waals surface area contributed by atoms with Crippen LogP contribution in [0, 0.1) is 0 Å². The van der Waals surface area contributed by atoms with Crippen LogP contribution < -0.4 is 5.32 Å². The topological polar surface area (TPSA) is 57.8 Å². The lowest BCUT2D eigenvalue weighted by Crippen LogP contribution is -2.12. The maximum Gasteiger partial charge on any atom is 0.273 e. The molecule has 0 bridgehead atoms. The van der Waals surface area contributed by atoms with Gasteiger partial charge in [-0.3, -0.25) is 9.89 Å². The van der Waals surface area contributed by atoms with Crippen molar-refractivity contribution in [2.45, 2.75) is 0 Å². The fourth-order valence-electron chi connectivity index (χ4n) is 1.17. The summed E-state index contributed by atoms with van der Waals surface area (Å²) < 4.78 is 0.844. The van der Waals surface area contributed by atoms with E-state index in [-0.39, 0.29) is 5.91 Å². The van der Waals surface area contributed by atoms with Crippen LogP contribution in [0.4, 0.5) is 5.69 Å². The van der Waals surface area contributed by atoms with Crippen molar-refractivity contribution in [2.24, 2.45) is 0 Å². The number of hydrogen-bond donors (Lipinski definition) is 2. The molecule has 1 amide bonds. The summed E-state index contributed by atoms with van der Waals surface area (Å²) in [6, 6.07) is 6.82. The molecule has 0 aliphatic carbocycles. The van der Waals surface area contributed by atoms with E-state index in [1.54, 1.807) is 24.3 Å². The molecule has 0 aliphatic rings. The lowest BCUT2D eigenvalue weighted by Gasteiger charge is -2.06. The molecule has 2 aromatic rings. The van der Waals surface area contributed by atoms with Crippen LogP contribution >= 0.6 is 27.5 Å². The van der Waals surface area contributed by atoms with Gasteiger partial charge in [0.25, 0.3) is 5.91 Å². The first-order chi connectivity index (χ1) is 7.66. The van der Waals surface area contributed by atoms with Gasteiger partial charge in [-0.05, 0) is 24.3 Å². The lowest BCUT2D eigenvalue weighted by atomic mass is 10.3. The summed E-state index contributed by atoms with van der Waals surface area (Å²) in [5, 5.41) is 9.43. The smallest absolute Gasteiger partial charge is 0.273 e. The van der Waals surface area contributed by atoms with Crippen molar-refractivity contribution >= 4 is 39.1 Å². The number of carbonyl (C=O) groups is 1. The van der Waals surface area contributed by atoms with E-state index in [1.807, 2.05) is 0 Å². The summed E-state index contributed by atoms with van der Waals surface area (Å²) in [7, 11) is 0. The number of halogens is 2. The Bertz CT molecular complexity index is 513. The molecule has 0 atom stereocenters. The highest BCUT2D eigenvalue weighted by molar-refractivity contribution is 9.10. The van der Waals surface area contributed by atoms with Crippen LogP contribution in [-0.4, -0.2) is 16.1 Å².